The molecule has 0 bridgehead atoms. The van der Waals surface area contributed by atoms with Gasteiger partial charge in [0.2, 0.25) is 0 Å². The summed E-state index contributed by atoms with van der Waals surface area (Å²) in [5, 5.41) is 0. The molecule has 0 aliphatic carbocycles. The largest absolute Gasteiger partial charge is 0.418 e. The van der Waals surface area contributed by atoms with Gasteiger partial charge in [-0.25, -0.2) is 8.42 Å². The van der Waals surface area contributed by atoms with Crippen molar-refractivity contribution in [3.05, 3.63) is 59.7 Å². The highest BCUT2D eigenvalue weighted by molar-refractivity contribution is 7.92. The number of rotatable bonds is 4. The van der Waals surface area contributed by atoms with Gasteiger partial charge in [0, 0.05) is 19.7 Å². The molecule has 0 radical (unpaired) electrons. The van der Waals surface area contributed by atoms with Crippen LogP contribution in [0.1, 0.15) is 15.9 Å². The van der Waals surface area contributed by atoms with Crippen molar-refractivity contribution in [2.45, 2.75) is 11.1 Å². The van der Waals surface area contributed by atoms with Crippen LogP contribution in [-0.4, -0.2) is 33.3 Å². The molecule has 0 aliphatic heterocycles. The van der Waals surface area contributed by atoms with E-state index in [-0.39, 0.29) is 16.4 Å². The molecule has 1 N–H and O–H groups in total. The number of alkyl halides is 3. The molecule has 0 unspecified atom stereocenters. The van der Waals surface area contributed by atoms with Gasteiger partial charge in [0.1, 0.15) is 0 Å². The average Bonchev–Trinajstić information content (AvgIpc) is 2.53. The fraction of sp³-hybridized carbons (Fsp3) is 0.188. The Morgan fingerprint density at radius 1 is 1.00 bits per heavy atom. The summed E-state index contributed by atoms with van der Waals surface area (Å²) in [6.07, 6.45) is -4.69. The Morgan fingerprint density at radius 3 is 2.08 bits per heavy atom. The van der Waals surface area contributed by atoms with Crippen LogP contribution in [0.4, 0.5) is 18.9 Å². The predicted molar refractivity (Wildman–Crippen MR) is 86.7 cm³/mol. The number of hydrogen-bond donors (Lipinski definition) is 1. The zero-order chi connectivity index (χ0) is 18.8. The number of amides is 1. The highest BCUT2D eigenvalue weighted by atomic mass is 32.2. The van der Waals surface area contributed by atoms with Crippen LogP contribution in [0.15, 0.2) is 53.4 Å². The highest BCUT2D eigenvalue weighted by Crippen LogP contribution is 2.35. The minimum atomic E-state index is -4.69. The Kier molecular flexibility index (Phi) is 5.07. The minimum Gasteiger partial charge on any atom is -0.345 e. The van der Waals surface area contributed by atoms with Gasteiger partial charge < -0.3 is 4.90 Å². The average molecular weight is 372 g/mol. The van der Waals surface area contributed by atoms with E-state index in [2.05, 4.69) is 0 Å². The van der Waals surface area contributed by atoms with E-state index in [1.165, 1.54) is 29.2 Å². The van der Waals surface area contributed by atoms with Crippen LogP contribution in [0.3, 0.4) is 0 Å². The van der Waals surface area contributed by atoms with Gasteiger partial charge in [0.25, 0.3) is 15.9 Å². The maximum atomic E-state index is 13.0. The SMILES string of the molecule is CN(C)C(=O)c1ccc(S(=O)(=O)Nc2ccccc2C(F)(F)F)cc1. The zero-order valence-electron chi connectivity index (χ0n) is 13.3. The molecule has 2 aromatic carbocycles. The van der Waals surface area contributed by atoms with Crippen LogP contribution in [0.25, 0.3) is 0 Å². The number of para-hydroxylation sites is 1. The molecule has 0 aromatic heterocycles. The van der Waals surface area contributed by atoms with Gasteiger partial charge in [-0.05, 0) is 36.4 Å². The number of nitrogens with zero attached hydrogens (tertiary/aromatic N) is 1. The van der Waals surface area contributed by atoms with E-state index in [1.807, 2.05) is 4.72 Å². The third-order valence-corrected chi connectivity index (χ3v) is 4.68. The van der Waals surface area contributed by atoms with Gasteiger partial charge in [-0.15, -0.1) is 0 Å². The first-order valence-electron chi connectivity index (χ1n) is 7.03. The minimum absolute atomic E-state index is 0.250. The molecule has 0 fully saturated rings. The fourth-order valence-electron chi connectivity index (χ4n) is 2.06. The lowest BCUT2D eigenvalue weighted by atomic mass is 10.2. The van der Waals surface area contributed by atoms with Crippen molar-refractivity contribution < 1.29 is 26.4 Å². The summed E-state index contributed by atoms with van der Waals surface area (Å²) in [6.45, 7) is 0. The second-order valence-corrected chi connectivity index (χ2v) is 7.06. The van der Waals surface area contributed by atoms with E-state index in [9.17, 15) is 26.4 Å². The molecule has 0 spiro atoms. The van der Waals surface area contributed by atoms with Crippen LogP contribution < -0.4 is 4.72 Å². The highest BCUT2D eigenvalue weighted by Gasteiger charge is 2.34. The number of carbonyl (C=O) groups excluding carboxylic acids is 1. The maximum absolute atomic E-state index is 13.0. The lowest BCUT2D eigenvalue weighted by Gasteiger charge is -2.15. The van der Waals surface area contributed by atoms with Gasteiger partial charge in [0.15, 0.2) is 0 Å². The summed E-state index contributed by atoms with van der Waals surface area (Å²) < 4.78 is 65.5. The van der Waals surface area contributed by atoms with Crippen LogP contribution in [0.5, 0.6) is 0 Å². The van der Waals surface area contributed by atoms with Crippen molar-refractivity contribution in [2.24, 2.45) is 0 Å². The zero-order valence-corrected chi connectivity index (χ0v) is 14.1. The molecule has 0 aliphatic rings. The van der Waals surface area contributed by atoms with Gasteiger partial charge >= 0.3 is 6.18 Å². The summed E-state index contributed by atoms with van der Waals surface area (Å²) in [5.41, 5.74) is -1.39. The summed E-state index contributed by atoms with van der Waals surface area (Å²) in [5.74, 6) is -0.320. The first-order valence-corrected chi connectivity index (χ1v) is 8.51. The van der Waals surface area contributed by atoms with E-state index in [0.717, 1.165) is 24.3 Å². The van der Waals surface area contributed by atoms with Gasteiger partial charge in [-0.2, -0.15) is 13.2 Å². The molecule has 2 rings (SSSR count). The Morgan fingerprint density at radius 2 is 1.56 bits per heavy atom. The fourth-order valence-corrected chi connectivity index (χ4v) is 3.14. The van der Waals surface area contributed by atoms with E-state index >= 15 is 0 Å². The standard InChI is InChI=1S/C16H15F3N2O3S/c1-21(2)15(22)11-7-9-12(10-8-11)25(23,24)20-14-6-4-3-5-13(14)16(17,18)19/h3-10,20H,1-2H3. The topological polar surface area (TPSA) is 66.5 Å². The summed E-state index contributed by atoms with van der Waals surface area (Å²) in [7, 11) is -1.15. The van der Waals surface area contributed by atoms with E-state index in [1.54, 1.807) is 14.1 Å². The molecular formula is C16H15F3N2O3S. The third kappa shape index (κ3) is 4.30. The Balaban J connectivity index is 2.34. The molecule has 0 saturated heterocycles. The number of halogens is 3. The van der Waals surface area contributed by atoms with Crippen molar-refractivity contribution in [1.29, 1.82) is 0 Å². The molecule has 0 saturated carbocycles. The van der Waals surface area contributed by atoms with Crippen molar-refractivity contribution in [2.75, 3.05) is 18.8 Å². The molecule has 2 aromatic rings. The number of carbonyl (C=O) groups is 1. The van der Waals surface area contributed by atoms with Gasteiger partial charge in [0.05, 0.1) is 16.1 Å². The Labute approximate surface area is 143 Å². The quantitative estimate of drug-likeness (QED) is 0.896. The van der Waals surface area contributed by atoms with E-state index in [0.29, 0.717) is 0 Å². The first-order chi connectivity index (χ1) is 11.5. The van der Waals surface area contributed by atoms with Gasteiger partial charge in [-0.3, -0.25) is 9.52 Å². The molecule has 25 heavy (non-hydrogen) atoms. The normalized spacial score (nSPS) is 11.9. The van der Waals surface area contributed by atoms with Crippen molar-refractivity contribution in [3.63, 3.8) is 0 Å². The summed E-state index contributed by atoms with van der Waals surface area (Å²) in [4.78, 5) is 12.9. The van der Waals surface area contributed by atoms with Crippen LogP contribution in [-0.2, 0) is 16.2 Å². The lowest BCUT2D eigenvalue weighted by molar-refractivity contribution is -0.136. The molecule has 134 valence electrons. The van der Waals surface area contributed by atoms with E-state index in [4.69, 9.17) is 0 Å². The second-order valence-electron chi connectivity index (χ2n) is 5.37. The number of sulfonamides is 1. The third-order valence-electron chi connectivity index (χ3n) is 3.29. The molecule has 0 atom stereocenters. The van der Waals surface area contributed by atoms with E-state index < -0.39 is 27.5 Å². The van der Waals surface area contributed by atoms with Crippen molar-refractivity contribution in [3.8, 4) is 0 Å². The number of nitrogens with one attached hydrogen (secondary N) is 1. The molecule has 1 amide bonds. The number of anilines is 1. The Hall–Kier alpha value is -2.55. The van der Waals surface area contributed by atoms with Crippen molar-refractivity contribution >= 4 is 21.6 Å². The second kappa shape index (κ2) is 6.75. The molecule has 0 heterocycles. The summed E-state index contributed by atoms with van der Waals surface area (Å²) in [6, 6.07) is 9.21. The molecular weight excluding hydrogens is 357 g/mol. The smallest absolute Gasteiger partial charge is 0.345 e. The molecule has 9 heteroatoms. The first kappa shape index (κ1) is 18.8. The summed E-state index contributed by atoms with van der Waals surface area (Å²) >= 11 is 0. The van der Waals surface area contributed by atoms with Gasteiger partial charge in [-0.1, -0.05) is 12.1 Å². The molecule has 5 nitrogen and oxygen atoms in total. The maximum Gasteiger partial charge on any atom is 0.418 e. The monoisotopic (exact) mass is 372 g/mol. The van der Waals surface area contributed by atoms with Crippen LogP contribution >= 0.6 is 0 Å². The number of benzene rings is 2. The lowest BCUT2D eigenvalue weighted by Crippen LogP contribution is -2.22. The van der Waals surface area contributed by atoms with Crippen molar-refractivity contribution in [1.82, 2.24) is 4.90 Å². The van der Waals surface area contributed by atoms with Crippen LogP contribution in [0, 0.1) is 0 Å². The Bertz CT molecular complexity index is 876. The van der Waals surface area contributed by atoms with Crippen LogP contribution in [0.2, 0.25) is 0 Å². The number of hydrogen-bond acceptors (Lipinski definition) is 3. The predicted octanol–water partition coefficient (Wildman–Crippen LogP) is 3.21.